The van der Waals surface area contributed by atoms with Gasteiger partial charge in [-0.2, -0.15) is 0 Å². The number of hydrogen-bond donors (Lipinski definition) is 1. The minimum absolute atomic E-state index is 0.114. The Labute approximate surface area is 190 Å². The van der Waals surface area contributed by atoms with Crippen LogP contribution in [0.4, 0.5) is 0 Å². The first-order valence-electron chi connectivity index (χ1n) is 11.1. The first kappa shape index (κ1) is 21.6. The van der Waals surface area contributed by atoms with Crippen molar-refractivity contribution in [1.29, 1.82) is 0 Å². The molecule has 1 amide bonds. The van der Waals surface area contributed by atoms with Crippen LogP contribution in [-0.2, 0) is 6.54 Å². The average Bonchev–Trinajstić information content (AvgIpc) is 3.22. The topological polar surface area (TPSA) is 46.9 Å². The predicted molar refractivity (Wildman–Crippen MR) is 131 cm³/mol. The minimum Gasteiger partial charge on any atom is -0.344 e. The van der Waals surface area contributed by atoms with Crippen molar-refractivity contribution in [1.82, 2.24) is 14.9 Å². The normalized spacial score (nSPS) is 11.9. The van der Waals surface area contributed by atoms with Crippen molar-refractivity contribution in [3.05, 3.63) is 101 Å². The molecule has 1 unspecified atom stereocenters. The van der Waals surface area contributed by atoms with E-state index in [1.165, 1.54) is 11.1 Å². The van der Waals surface area contributed by atoms with E-state index in [-0.39, 0.29) is 11.9 Å². The second kappa shape index (κ2) is 9.23. The Kier molecular flexibility index (Phi) is 6.22. The number of hydrogen-bond acceptors (Lipinski definition) is 2. The molecule has 1 heterocycles. The van der Waals surface area contributed by atoms with E-state index in [2.05, 4.69) is 44.3 Å². The Morgan fingerprint density at radius 1 is 0.906 bits per heavy atom. The van der Waals surface area contributed by atoms with Crippen molar-refractivity contribution in [2.24, 2.45) is 0 Å². The van der Waals surface area contributed by atoms with Crippen LogP contribution in [0.25, 0.3) is 22.6 Å². The summed E-state index contributed by atoms with van der Waals surface area (Å²) < 4.78 is 2.02. The van der Waals surface area contributed by atoms with Crippen molar-refractivity contribution in [2.45, 2.75) is 40.3 Å². The number of rotatable bonds is 6. The summed E-state index contributed by atoms with van der Waals surface area (Å²) in [6.07, 6.45) is 0. The van der Waals surface area contributed by atoms with Gasteiger partial charge in [0.1, 0.15) is 17.2 Å². The summed E-state index contributed by atoms with van der Waals surface area (Å²) in [5, 5.41) is 3.19. The summed E-state index contributed by atoms with van der Waals surface area (Å²) >= 11 is 0. The monoisotopic (exact) mass is 423 g/mol. The molecule has 4 rings (SSSR count). The average molecular weight is 424 g/mol. The van der Waals surface area contributed by atoms with Crippen LogP contribution in [-0.4, -0.2) is 15.5 Å². The molecule has 0 aliphatic rings. The van der Waals surface area contributed by atoms with E-state index in [1.54, 1.807) is 0 Å². The lowest BCUT2D eigenvalue weighted by Gasteiger charge is -2.16. The van der Waals surface area contributed by atoms with Crippen LogP contribution in [0.5, 0.6) is 0 Å². The van der Waals surface area contributed by atoms with Gasteiger partial charge >= 0.3 is 0 Å². The molecule has 0 aliphatic carbocycles. The second-order valence-corrected chi connectivity index (χ2v) is 8.15. The highest BCUT2D eigenvalue weighted by molar-refractivity contribution is 6.00. The summed E-state index contributed by atoms with van der Waals surface area (Å²) in [6.45, 7) is 8.88. The molecule has 1 N–H and O–H groups in total. The van der Waals surface area contributed by atoms with Gasteiger partial charge < -0.3 is 9.88 Å². The van der Waals surface area contributed by atoms with E-state index in [0.29, 0.717) is 17.9 Å². The molecule has 0 aliphatic heterocycles. The molecule has 0 saturated carbocycles. The van der Waals surface area contributed by atoms with Crippen molar-refractivity contribution in [2.75, 3.05) is 0 Å². The number of carbonyl (C=O) groups excluding carboxylic acids is 1. The zero-order chi connectivity index (χ0) is 22.7. The molecule has 32 heavy (non-hydrogen) atoms. The van der Waals surface area contributed by atoms with E-state index in [0.717, 1.165) is 22.5 Å². The predicted octanol–water partition coefficient (Wildman–Crippen LogP) is 6.34. The molecule has 3 aromatic carbocycles. The molecule has 1 aromatic heterocycles. The lowest BCUT2D eigenvalue weighted by atomic mass is 10.0. The number of aryl methyl sites for hydroxylation is 2. The van der Waals surface area contributed by atoms with E-state index >= 15 is 0 Å². The first-order valence-corrected chi connectivity index (χ1v) is 11.1. The summed E-state index contributed by atoms with van der Waals surface area (Å²) in [7, 11) is 0. The number of amides is 1. The highest BCUT2D eigenvalue weighted by Crippen LogP contribution is 2.31. The third-order valence-corrected chi connectivity index (χ3v) is 5.96. The zero-order valence-electron chi connectivity index (χ0n) is 19.1. The van der Waals surface area contributed by atoms with Crippen LogP contribution in [0.1, 0.15) is 47.1 Å². The molecule has 0 spiro atoms. The van der Waals surface area contributed by atoms with Crippen LogP contribution in [0, 0.1) is 13.8 Å². The molecule has 162 valence electrons. The lowest BCUT2D eigenvalue weighted by Crippen LogP contribution is -2.29. The third-order valence-electron chi connectivity index (χ3n) is 5.96. The Morgan fingerprint density at radius 2 is 1.56 bits per heavy atom. The zero-order valence-corrected chi connectivity index (χ0v) is 19.1. The number of nitrogens with one attached hydrogen (secondary N) is 1. The standard InChI is InChI=1S/C28H29N3O/c1-5-31-26(28(32)29-21(4)22-12-8-6-9-13-22)25(24-17-16-19(2)20(3)18-24)30-27(31)23-14-10-7-11-15-23/h6-18,21H,5H2,1-4H3,(H,29,32). The van der Waals surface area contributed by atoms with Crippen molar-refractivity contribution >= 4 is 5.91 Å². The van der Waals surface area contributed by atoms with Gasteiger partial charge in [-0.05, 0) is 50.5 Å². The van der Waals surface area contributed by atoms with Crippen LogP contribution in [0.15, 0.2) is 78.9 Å². The van der Waals surface area contributed by atoms with E-state index in [4.69, 9.17) is 4.98 Å². The molecule has 4 aromatic rings. The number of nitrogens with zero attached hydrogens (tertiary/aromatic N) is 2. The summed E-state index contributed by atoms with van der Waals surface area (Å²) in [5.74, 6) is 0.685. The molecular weight excluding hydrogens is 394 g/mol. The Balaban J connectivity index is 1.84. The Bertz CT molecular complexity index is 1230. The summed E-state index contributed by atoms with van der Waals surface area (Å²) in [4.78, 5) is 18.6. The lowest BCUT2D eigenvalue weighted by molar-refractivity contribution is 0.0931. The fourth-order valence-corrected chi connectivity index (χ4v) is 3.98. The molecule has 0 bridgehead atoms. The third kappa shape index (κ3) is 4.22. The van der Waals surface area contributed by atoms with Crippen LogP contribution >= 0.6 is 0 Å². The van der Waals surface area contributed by atoms with Crippen molar-refractivity contribution in [3.63, 3.8) is 0 Å². The Morgan fingerprint density at radius 3 is 2.19 bits per heavy atom. The van der Waals surface area contributed by atoms with Crippen molar-refractivity contribution < 1.29 is 4.79 Å². The molecule has 0 fully saturated rings. The van der Waals surface area contributed by atoms with Gasteiger partial charge in [-0.3, -0.25) is 4.79 Å². The largest absolute Gasteiger partial charge is 0.344 e. The SMILES string of the molecule is CCn1c(-c2ccccc2)nc(-c2ccc(C)c(C)c2)c1C(=O)NC(C)c1ccccc1. The molecule has 1 atom stereocenters. The van der Waals surface area contributed by atoms with Crippen LogP contribution in [0.2, 0.25) is 0 Å². The highest BCUT2D eigenvalue weighted by Gasteiger charge is 2.25. The van der Waals surface area contributed by atoms with Gasteiger partial charge in [0.2, 0.25) is 0 Å². The van der Waals surface area contributed by atoms with Gasteiger partial charge in [0, 0.05) is 17.7 Å². The number of imidazole rings is 1. The minimum atomic E-state index is -0.119. The van der Waals surface area contributed by atoms with E-state index in [9.17, 15) is 4.79 Å². The van der Waals surface area contributed by atoms with E-state index in [1.807, 2.05) is 72.2 Å². The highest BCUT2D eigenvalue weighted by atomic mass is 16.2. The van der Waals surface area contributed by atoms with Gasteiger partial charge in [0.15, 0.2) is 0 Å². The first-order chi connectivity index (χ1) is 15.5. The maximum absolute atomic E-state index is 13.6. The summed E-state index contributed by atoms with van der Waals surface area (Å²) in [6, 6.07) is 26.2. The summed E-state index contributed by atoms with van der Waals surface area (Å²) in [5.41, 5.74) is 6.72. The quantitative estimate of drug-likeness (QED) is 0.393. The van der Waals surface area contributed by atoms with Crippen LogP contribution in [0.3, 0.4) is 0 Å². The maximum atomic E-state index is 13.6. The van der Waals surface area contributed by atoms with Gasteiger partial charge in [0.05, 0.1) is 6.04 Å². The van der Waals surface area contributed by atoms with Gasteiger partial charge in [-0.25, -0.2) is 4.98 Å². The molecule has 4 nitrogen and oxygen atoms in total. The Hall–Kier alpha value is -3.66. The van der Waals surface area contributed by atoms with Gasteiger partial charge in [-0.1, -0.05) is 72.8 Å². The van der Waals surface area contributed by atoms with E-state index < -0.39 is 0 Å². The fraction of sp³-hybridized carbons (Fsp3) is 0.214. The second-order valence-electron chi connectivity index (χ2n) is 8.15. The van der Waals surface area contributed by atoms with Crippen LogP contribution < -0.4 is 5.32 Å². The molecule has 0 saturated heterocycles. The molecule has 4 heteroatoms. The van der Waals surface area contributed by atoms with Gasteiger partial charge in [-0.15, -0.1) is 0 Å². The smallest absolute Gasteiger partial charge is 0.270 e. The number of benzene rings is 3. The van der Waals surface area contributed by atoms with Crippen molar-refractivity contribution in [3.8, 4) is 22.6 Å². The molecule has 0 radical (unpaired) electrons. The molecular formula is C28H29N3O. The maximum Gasteiger partial charge on any atom is 0.270 e. The number of carbonyl (C=O) groups is 1. The van der Waals surface area contributed by atoms with Gasteiger partial charge in [0.25, 0.3) is 5.91 Å². The fourth-order valence-electron chi connectivity index (χ4n) is 3.98. The number of aromatic nitrogens is 2.